The Balaban J connectivity index is 1.37. The second kappa shape index (κ2) is 14.6. The molecule has 3 atom stereocenters. The molecule has 1 N–H and O–H groups in total. The van der Waals surface area contributed by atoms with Gasteiger partial charge in [0, 0.05) is 11.3 Å². The van der Waals surface area contributed by atoms with E-state index < -0.39 is 8.32 Å². The van der Waals surface area contributed by atoms with Gasteiger partial charge < -0.3 is 19.2 Å². The van der Waals surface area contributed by atoms with Gasteiger partial charge in [0.25, 0.3) is 0 Å². The highest BCUT2D eigenvalue weighted by molar-refractivity contribution is 6.74. The summed E-state index contributed by atoms with van der Waals surface area (Å²) in [5.74, 6) is 0.362. The van der Waals surface area contributed by atoms with Crippen molar-refractivity contribution in [1.82, 2.24) is 0 Å². The lowest BCUT2D eigenvalue weighted by atomic mass is 9.77. The molecule has 5 nitrogen and oxygen atoms in total. The van der Waals surface area contributed by atoms with E-state index in [-0.39, 0.29) is 40.6 Å². The fourth-order valence-electron chi connectivity index (χ4n) is 6.37. The topological polar surface area (TPSA) is 59.0 Å². The lowest BCUT2D eigenvalue weighted by Crippen LogP contribution is -2.55. The average Bonchev–Trinajstić information content (AvgIpc) is 3.10. The van der Waals surface area contributed by atoms with Crippen LogP contribution >= 0.6 is 0 Å². The van der Waals surface area contributed by atoms with E-state index in [1.54, 1.807) is 24.3 Å². The lowest BCUT2D eigenvalue weighted by Gasteiger charge is -2.48. The second-order valence-electron chi connectivity index (χ2n) is 14.7. The number of halogens is 1. The van der Waals surface area contributed by atoms with Crippen LogP contribution in [0.15, 0.2) is 127 Å². The van der Waals surface area contributed by atoms with Crippen LogP contribution in [0.1, 0.15) is 62.4 Å². The van der Waals surface area contributed by atoms with E-state index in [2.05, 4.69) is 46.0 Å². The molecule has 7 heteroatoms. The number of benzene rings is 5. The zero-order chi connectivity index (χ0) is 35.5. The number of hydrogen-bond donors (Lipinski definition) is 1. The van der Waals surface area contributed by atoms with Gasteiger partial charge in [0.1, 0.15) is 23.9 Å². The largest absolute Gasteiger partial charge is 0.508 e. The van der Waals surface area contributed by atoms with Gasteiger partial charge in [-0.15, -0.1) is 0 Å². The summed E-state index contributed by atoms with van der Waals surface area (Å²) in [4.78, 5) is 16.1. The Morgan fingerprint density at radius 2 is 1.44 bits per heavy atom. The maximum absolute atomic E-state index is 14.2. The molecule has 6 rings (SSSR count). The molecule has 0 aromatic heterocycles. The van der Waals surface area contributed by atoms with E-state index in [9.17, 15) is 14.3 Å². The second-order valence-corrected chi connectivity index (χ2v) is 19.4. The summed E-state index contributed by atoms with van der Waals surface area (Å²) in [5, 5.41) is 9.89. The number of aromatic hydroxyl groups is 1. The number of nitrogens with zero attached hydrogens (tertiary/aromatic N) is 1. The number of β-lactam (4-membered cyclic amide) rings is 1. The molecule has 0 aliphatic carbocycles. The van der Waals surface area contributed by atoms with E-state index >= 15 is 0 Å². The van der Waals surface area contributed by atoms with E-state index in [0.29, 0.717) is 25.2 Å². The molecule has 50 heavy (non-hydrogen) atoms. The zero-order valence-corrected chi connectivity index (χ0v) is 30.5. The van der Waals surface area contributed by atoms with Crippen molar-refractivity contribution in [2.45, 2.75) is 70.5 Å². The molecular formula is C43H46FNO4Si. The number of amides is 1. The van der Waals surface area contributed by atoms with Gasteiger partial charge in [-0.3, -0.25) is 4.79 Å². The first kappa shape index (κ1) is 35.1. The number of phenols is 1. The zero-order valence-electron chi connectivity index (χ0n) is 29.5. The number of ether oxygens (including phenoxy) is 1. The molecule has 1 aliphatic heterocycles. The van der Waals surface area contributed by atoms with Crippen LogP contribution in [0.3, 0.4) is 0 Å². The maximum Gasteiger partial charge on any atom is 0.233 e. The Hall–Kier alpha value is -4.72. The molecule has 1 amide bonds. The Bertz CT molecular complexity index is 1890. The van der Waals surface area contributed by atoms with E-state index in [0.717, 1.165) is 33.5 Å². The predicted molar refractivity (Wildman–Crippen MR) is 201 cm³/mol. The summed E-state index contributed by atoms with van der Waals surface area (Å²) in [5.41, 5.74) is 5.63. The van der Waals surface area contributed by atoms with Gasteiger partial charge in [0.2, 0.25) is 5.91 Å². The summed E-state index contributed by atoms with van der Waals surface area (Å²) in [6.07, 6.45) is 0.919. The molecule has 0 spiro atoms. The van der Waals surface area contributed by atoms with Gasteiger partial charge in [0.15, 0.2) is 8.32 Å². The molecule has 1 heterocycles. The monoisotopic (exact) mass is 687 g/mol. The van der Waals surface area contributed by atoms with Crippen molar-refractivity contribution in [2.24, 2.45) is 5.92 Å². The minimum Gasteiger partial charge on any atom is -0.508 e. The van der Waals surface area contributed by atoms with Crippen molar-refractivity contribution < 1.29 is 23.5 Å². The fraction of sp³-hybridized carbons (Fsp3) is 0.279. The highest BCUT2D eigenvalue weighted by Crippen LogP contribution is 2.50. The Morgan fingerprint density at radius 1 is 0.820 bits per heavy atom. The van der Waals surface area contributed by atoms with Crippen molar-refractivity contribution >= 4 is 19.9 Å². The van der Waals surface area contributed by atoms with Gasteiger partial charge in [-0.05, 0) is 95.7 Å². The number of hydrogen-bond acceptors (Lipinski definition) is 4. The van der Waals surface area contributed by atoms with Gasteiger partial charge in [-0.25, -0.2) is 4.39 Å². The maximum atomic E-state index is 14.2. The molecule has 0 saturated carbocycles. The van der Waals surface area contributed by atoms with Crippen LogP contribution in [0.5, 0.6) is 11.5 Å². The normalized spacial score (nSPS) is 16.9. The molecule has 0 radical (unpaired) electrons. The minimum atomic E-state index is -2.21. The first-order chi connectivity index (χ1) is 23.9. The Kier molecular flexibility index (Phi) is 10.3. The fourth-order valence-corrected chi connectivity index (χ4v) is 7.69. The van der Waals surface area contributed by atoms with Crippen molar-refractivity contribution in [1.29, 1.82) is 0 Å². The van der Waals surface area contributed by atoms with Crippen LogP contribution in [0.4, 0.5) is 10.1 Å². The third-order valence-electron chi connectivity index (χ3n) is 10.2. The smallest absolute Gasteiger partial charge is 0.233 e. The number of para-hydroxylation sites is 1. The Labute approximate surface area is 296 Å². The van der Waals surface area contributed by atoms with E-state index in [1.165, 1.54) is 12.1 Å². The lowest BCUT2D eigenvalue weighted by molar-refractivity contribution is -0.131. The Morgan fingerprint density at radius 3 is 2.08 bits per heavy atom. The molecule has 5 aromatic rings. The van der Waals surface area contributed by atoms with Crippen LogP contribution in [-0.2, 0) is 15.8 Å². The van der Waals surface area contributed by atoms with Gasteiger partial charge >= 0.3 is 0 Å². The van der Waals surface area contributed by atoms with Crippen molar-refractivity contribution in [2.75, 3.05) is 4.90 Å². The molecule has 0 bridgehead atoms. The van der Waals surface area contributed by atoms with Crippen LogP contribution in [0, 0.1) is 11.7 Å². The highest BCUT2D eigenvalue weighted by Gasteiger charge is 2.50. The third kappa shape index (κ3) is 7.69. The van der Waals surface area contributed by atoms with Crippen LogP contribution in [-0.4, -0.2) is 19.3 Å². The quantitative estimate of drug-likeness (QED) is 0.105. The first-order valence-corrected chi connectivity index (χ1v) is 20.2. The van der Waals surface area contributed by atoms with E-state index in [1.807, 2.05) is 83.8 Å². The molecule has 258 valence electrons. The summed E-state index contributed by atoms with van der Waals surface area (Å²) in [6, 6.07) is 39.4. The summed E-state index contributed by atoms with van der Waals surface area (Å²) < 4.78 is 27.6. The van der Waals surface area contributed by atoms with Gasteiger partial charge in [-0.2, -0.15) is 0 Å². The standard InChI is InChI=1S/C43H46FNO4Si/c1-43(2,3)50(4,5)49-39(32-16-21-34(44)22-17-32)27-26-38-41(45(42(38)47)35-14-10-7-11-15-35)37-25-20-33(31-18-23-36(46)24-19-31)28-40(37)48-29-30-12-8-6-9-13-30/h6-25,28,38-39,41,46H,26-27,29H2,1-5H3/t38-,39-,41-/m1/s1. The van der Waals surface area contributed by atoms with E-state index in [4.69, 9.17) is 9.16 Å². The van der Waals surface area contributed by atoms with Crippen LogP contribution in [0.2, 0.25) is 18.1 Å². The molecule has 5 aromatic carbocycles. The van der Waals surface area contributed by atoms with Gasteiger partial charge in [-0.1, -0.05) is 106 Å². The number of rotatable bonds is 12. The molecular weight excluding hydrogens is 642 g/mol. The minimum absolute atomic E-state index is 0.0194. The summed E-state index contributed by atoms with van der Waals surface area (Å²) in [7, 11) is -2.21. The molecule has 1 aliphatic rings. The summed E-state index contributed by atoms with van der Waals surface area (Å²) in [6.45, 7) is 11.5. The number of carbonyl (C=O) groups is 1. The van der Waals surface area contributed by atoms with Crippen molar-refractivity contribution in [3.63, 3.8) is 0 Å². The predicted octanol–water partition coefficient (Wildman–Crippen LogP) is 11.0. The highest BCUT2D eigenvalue weighted by atomic mass is 28.4. The first-order valence-electron chi connectivity index (χ1n) is 17.3. The molecule has 1 fully saturated rings. The molecule has 0 unspecified atom stereocenters. The summed E-state index contributed by atoms with van der Waals surface area (Å²) >= 11 is 0. The van der Waals surface area contributed by atoms with Crippen molar-refractivity contribution in [3.8, 4) is 22.6 Å². The van der Waals surface area contributed by atoms with Crippen LogP contribution in [0.25, 0.3) is 11.1 Å². The van der Waals surface area contributed by atoms with Crippen LogP contribution < -0.4 is 9.64 Å². The third-order valence-corrected chi connectivity index (χ3v) is 14.7. The van der Waals surface area contributed by atoms with Crippen molar-refractivity contribution in [3.05, 3.63) is 150 Å². The SMILES string of the molecule is CC(C)(C)[Si](C)(C)O[C@H](CC[C@H]1C(=O)N(c2ccccc2)[C@@H]1c1ccc(-c2ccc(O)cc2)cc1OCc1ccccc1)c1ccc(F)cc1. The average molecular weight is 688 g/mol. The molecule has 1 saturated heterocycles. The number of anilines is 1. The number of phenolic OH excluding ortho intramolecular Hbond substituents is 1. The van der Waals surface area contributed by atoms with Gasteiger partial charge in [0.05, 0.1) is 18.1 Å². The number of carbonyl (C=O) groups excluding carboxylic acids is 1.